The zero-order valence-electron chi connectivity index (χ0n) is 40.7. The number of carbonyl (C=O) groups is 2. The highest BCUT2D eigenvalue weighted by molar-refractivity contribution is 6.06. The Hall–Kier alpha value is -6.02. The molecule has 10 heteroatoms. The van der Waals surface area contributed by atoms with Gasteiger partial charge in [-0.05, 0) is 153 Å². The molecule has 4 aliphatic rings. The smallest absolute Gasteiger partial charge is 0.410 e. The monoisotopic (exact) mass is 923 g/mol. The summed E-state index contributed by atoms with van der Waals surface area (Å²) < 4.78 is 5.63. The van der Waals surface area contributed by atoms with Gasteiger partial charge in [0.1, 0.15) is 5.60 Å². The third kappa shape index (κ3) is 14.0. The van der Waals surface area contributed by atoms with Gasteiger partial charge >= 0.3 is 18.4 Å². The van der Waals surface area contributed by atoms with Gasteiger partial charge in [0.2, 0.25) is 0 Å². The van der Waals surface area contributed by atoms with Crippen molar-refractivity contribution in [1.29, 1.82) is 0 Å². The SMILES string of the molecule is Cc1ccc2c(c1)CC(c1ccccc1C(=O)CCCO)=C2C1CCCCC1.Cc1ccc2c(c1)CC(c1ccccc1CN(CCO)C(=O)OC(C)(C)C)=C2C1CCCCC1.O=C=O.O=C=O. The van der Waals surface area contributed by atoms with E-state index in [2.05, 4.69) is 80.6 Å². The number of hydrogen-bond acceptors (Lipinski definition) is 9. The van der Waals surface area contributed by atoms with Crippen molar-refractivity contribution in [1.82, 2.24) is 4.90 Å². The van der Waals surface area contributed by atoms with E-state index in [1.165, 1.54) is 125 Å². The first kappa shape index (κ1) is 52.9. The molecule has 8 rings (SSSR count). The summed E-state index contributed by atoms with van der Waals surface area (Å²) in [5.74, 6) is 1.35. The minimum atomic E-state index is -0.577. The maximum atomic E-state index is 12.9. The lowest BCUT2D eigenvalue weighted by Crippen LogP contribution is -2.38. The summed E-state index contributed by atoms with van der Waals surface area (Å²) in [5.41, 5.74) is 17.7. The summed E-state index contributed by atoms with van der Waals surface area (Å²) in [5, 5.41) is 18.8. The van der Waals surface area contributed by atoms with Gasteiger partial charge in [0, 0.05) is 31.7 Å². The predicted octanol–water partition coefficient (Wildman–Crippen LogP) is 11.6. The number of ether oxygens (including phenoxy) is 1. The van der Waals surface area contributed by atoms with Gasteiger partial charge in [0.15, 0.2) is 5.78 Å². The van der Waals surface area contributed by atoms with Gasteiger partial charge in [-0.25, -0.2) is 4.79 Å². The molecule has 0 heterocycles. The zero-order valence-corrected chi connectivity index (χ0v) is 40.7. The van der Waals surface area contributed by atoms with Gasteiger partial charge in [-0.2, -0.15) is 19.2 Å². The number of fused-ring (bicyclic) bond motifs is 2. The van der Waals surface area contributed by atoms with Crippen molar-refractivity contribution in [3.8, 4) is 0 Å². The average Bonchev–Trinajstić information content (AvgIpc) is 3.89. The van der Waals surface area contributed by atoms with Gasteiger partial charge in [-0.1, -0.05) is 135 Å². The minimum absolute atomic E-state index is 0.0641. The summed E-state index contributed by atoms with van der Waals surface area (Å²) in [6.07, 6.45) is 15.8. The second kappa shape index (κ2) is 25.9. The second-order valence-corrected chi connectivity index (χ2v) is 19.4. The number of carbonyl (C=O) groups excluding carboxylic acids is 6. The summed E-state index contributed by atoms with van der Waals surface area (Å²) in [7, 11) is 0. The molecule has 68 heavy (non-hydrogen) atoms. The van der Waals surface area contributed by atoms with E-state index in [1.54, 1.807) is 4.90 Å². The van der Waals surface area contributed by atoms with Crippen LogP contribution in [0.1, 0.15) is 158 Å². The maximum Gasteiger partial charge on any atom is 0.410 e. The molecule has 0 saturated heterocycles. The van der Waals surface area contributed by atoms with Crippen LogP contribution in [0.4, 0.5) is 4.79 Å². The van der Waals surface area contributed by atoms with E-state index in [0.717, 1.165) is 29.5 Å². The van der Waals surface area contributed by atoms with Crippen molar-refractivity contribution in [3.63, 3.8) is 0 Å². The van der Waals surface area contributed by atoms with Crippen LogP contribution in [0.2, 0.25) is 0 Å². The molecule has 2 fully saturated rings. The fraction of sp³-hybridized carbons (Fsp3) is 0.448. The number of hydrogen-bond donors (Lipinski definition) is 2. The lowest BCUT2D eigenvalue weighted by Gasteiger charge is -2.28. The summed E-state index contributed by atoms with van der Waals surface area (Å²) >= 11 is 0. The Morgan fingerprint density at radius 3 is 1.59 bits per heavy atom. The van der Waals surface area contributed by atoms with Crippen LogP contribution in [0, 0.1) is 25.7 Å². The molecule has 10 nitrogen and oxygen atoms in total. The van der Waals surface area contributed by atoms with Crippen LogP contribution >= 0.6 is 0 Å². The first-order chi connectivity index (χ1) is 32.8. The summed E-state index contributed by atoms with van der Waals surface area (Å²) in [4.78, 5) is 59.9. The number of allylic oxidation sites excluding steroid dienone is 4. The fourth-order valence-corrected chi connectivity index (χ4v) is 10.6. The Morgan fingerprint density at radius 1 is 0.632 bits per heavy atom. The third-order valence-electron chi connectivity index (χ3n) is 13.4. The number of nitrogens with zero attached hydrogens (tertiary/aromatic N) is 1. The molecule has 2 N–H and O–H groups in total. The molecule has 2 saturated carbocycles. The lowest BCUT2D eigenvalue weighted by molar-refractivity contribution is -0.193. The molecule has 4 aromatic rings. The number of aryl methyl sites for hydroxylation is 2. The molecular weight excluding hydrogens is 855 g/mol. The number of aliphatic hydroxyl groups is 2. The normalized spacial score (nSPS) is 15.5. The number of aliphatic hydroxyl groups excluding tert-OH is 2. The van der Waals surface area contributed by atoms with Crippen molar-refractivity contribution in [2.75, 3.05) is 19.8 Å². The van der Waals surface area contributed by atoms with Gasteiger partial charge in [0.25, 0.3) is 0 Å². The molecule has 0 spiro atoms. The fourth-order valence-electron chi connectivity index (χ4n) is 10.6. The van der Waals surface area contributed by atoms with Gasteiger partial charge in [-0.3, -0.25) is 4.79 Å². The van der Waals surface area contributed by atoms with Crippen LogP contribution in [0.25, 0.3) is 22.3 Å². The van der Waals surface area contributed by atoms with E-state index in [9.17, 15) is 14.7 Å². The van der Waals surface area contributed by atoms with Crippen LogP contribution in [0.3, 0.4) is 0 Å². The molecule has 0 radical (unpaired) electrons. The van der Waals surface area contributed by atoms with Gasteiger partial charge in [-0.15, -0.1) is 0 Å². The van der Waals surface area contributed by atoms with Crippen LogP contribution in [0.15, 0.2) is 84.9 Å². The first-order valence-corrected chi connectivity index (χ1v) is 24.3. The highest BCUT2D eigenvalue weighted by Crippen LogP contribution is 2.49. The first-order valence-electron chi connectivity index (χ1n) is 24.3. The Balaban J connectivity index is 0.000000231. The lowest BCUT2D eigenvalue weighted by atomic mass is 9.79. The molecule has 0 unspecified atom stereocenters. The summed E-state index contributed by atoms with van der Waals surface area (Å²) in [6, 6.07) is 30.3. The molecule has 360 valence electrons. The average molecular weight is 924 g/mol. The van der Waals surface area contributed by atoms with Crippen LogP contribution in [-0.4, -0.2) is 64.7 Å². The maximum absolute atomic E-state index is 12.9. The largest absolute Gasteiger partial charge is 0.444 e. The molecule has 0 atom stereocenters. The van der Waals surface area contributed by atoms with E-state index >= 15 is 0 Å². The molecule has 4 aliphatic carbocycles. The van der Waals surface area contributed by atoms with Crippen LogP contribution < -0.4 is 0 Å². The Kier molecular flexibility index (Phi) is 20.2. The molecule has 0 aliphatic heterocycles. The zero-order chi connectivity index (χ0) is 49.2. The number of amides is 1. The Bertz CT molecular complexity index is 2470. The minimum Gasteiger partial charge on any atom is -0.444 e. The quantitative estimate of drug-likeness (QED) is 0.132. The van der Waals surface area contributed by atoms with E-state index in [4.69, 9.17) is 29.0 Å². The third-order valence-corrected chi connectivity index (χ3v) is 13.4. The van der Waals surface area contributed by atoms with E-state index in [0.29, 0.717) is 31.2 Å². The number of benzene rings is 4. The second-order valence-electron chi connectivity index (χ2n) is 19.4. The molecule has 0 aromatic heterocycles. The predicted molar refractivity (Wildman–Crippen MR) is 264 cm³/mol. The van der Waals surface area contributed by atoms with Gasteiger partial charge < -0.3 is 19.8 Å². The molecule has 0 bridgehead atoms. The Morgan fingerprint density at radius 2 is 1.10 bits per heavy atom. The molecule has 1 amide bonds. The van der Waals surface area contributed by atoms with E-state index < -0.39 is 5.60 Å². The van der Waals surface area contributed by atoms with Crippen molar-refractivity contribution < 1.29 is 43.7 Å². The highest BCUT2D eigenvalue weighted by Gasteiger charge is 2.33. The Labute approximate surface area is 402 Å². The molecule has 4 aromatic carbocycles. The molecular formula is C58H69NO9. The van der Waals surface area contributed by atoms with E-state index in [1.807, 2.05) is 39.0 Å². The van der Waals surface area contributed by atoms with Crippen molar-refractivity contribution in [3.05, 3.63) is 141 Å². The van der Waals surface area contributed by atoms with Crippen molar-refractivity contribution >= 4 is 46.5 Å². The number of ketones is 1. The number of Topliss-reactive ketones (excluding diaryl/α,β-unsaturated/α-hetero) is 1. The van der Waals surface area contributed by atoms with Crippen LogP contribution in [0.5, 0.6) is 0 Å². The summed E-state index contributed by atoms with van der Waals surface area (Å²) in [6.45, 7) is 10.6. The van der Waals surface area contributed by atoms with Crippen molar-refractivity contribution in [2.24, 2.45) is 11.8 Å². The van der Waals surface area contributed by atoms with Gasteiger partial charge in [0.05, 0.1) is 6.61 Å². The standard InChI is InChI=1S/C30H39NO3.C26H30O2.2CO2/c1-21-14-15-26-24(18-21)19-27(28(26)22-10-6-5-7-11-22)25-13-9-8-12-23(25)20-31(16-17-32)29(33)34-30(2,3)4;1-18-13-14-21-20(16-18)17-24(26(21)19-8-3-2-4-9-19)22-10-5-6-11-23(22)25(28)12-7-15-27;2*2-1-3/h8-9,12-15,18,22,32H,5-7,10-11,16-17,19-20H2,1-4H3;5-6,10-11,13-14,16,19,27H,2-4,7-9,12,15,17H2,1H3;;. The number of rotatable bonds is 12. The topological polar surface area (TPSA) is 155 Å². The highest BCUT2D eigenvalue weighted by atomic mass is 16.6. The van der Waals surface area contributed by atoms with Crippen molar-refractivity contribution in [2.45, 2.75) is 137 Å². The van der Waals surface area contributed by atoms with Crippen LogP contribution in [-0.2, 0) is 43.3 Å². The van der Waals surface area contributed by atoms with E-state index in [-0.39, 0.29) is 43.9 Å².